The fourth-order valence-corrected chi connectivity index (χ4v) is 1.86. The van der Waals surface area contributed by atoms with Gasteiger partial charge >= 0.3 is 0 Å². The van der Waals surface area contributed by atoms with Gasteiger partial charge < -0.3 is 14.5 Å². The molecule has 0 atom stereocenters. The highest BCUT2D eigenvalue weighted by Crippen LogP contribution is 2.23. The summed E-state index contributed by atoms with van der Waals surface area (Å²) in [4.78, 5) is 0. The number of benzene rings is 1. The molecule has 5 heteroatoms. The molecule has 0 aliphatic carbocycles. The van der Waals surface area contributed by atoms with E-state index < -0.39 is 0 Å². The average molecular weight is 314 g/mol. The Morgan fingerprint density at radius 1 is 1.39 bits per heavy atom. The van der Waals surface area contributed by atoms with E-state index in [1.54, 1.807) is 18.4 Å². The molecule has 0 fully saturated rings. The maximum absolute atomic E-state index is 13.6. The van der Waals surface area contributed by atoms with Crippen LogP contribution in [-0.2, 0) is 6.54 Å². The molecular weight excluding hydrogens is 301 g/mol. The zero-order chi connectivity index (χ0) is 13.0. The van der Waals surface area contributed by atoms with Crippen LogP contribution in [0.15, 0.2) is 39.4 Å². The molecule has 0 radical (unpaired) electrons. The molecule has 2 aromatic rings. The second kappa shape index (κ2) is 5.91. The summed E-state index contributed by atoms with van der Waals surface area (Å²) in [6.07, 6.45) is 1.60. The second-order valence-corrected chi connectivity index (χ2v) is 4.48. The van der Waals surface area contributed by atoms with E-state index in [-0.39, 0.29) is 11.6 Å². The minimum Gasteiger partial charge on any atom is -0.491 e. The van der Waals surface area contributed by atoms with Gasteiger partial charge in [-0.1, -0.05) is 0 Å². The molecule has 0 spiro atoms. The number of halogens is 2. The zero-order valence-corrected chi connectivity index (χ0v) is 11.5. The van der Waals surface area contributed by atoms with Crippen molar-refractivity contribution in [3.8, 4) is 5.75 Å². The number of hydrogen-bond donors (Lipinski definition) is 1. The Labute approximate surface area is 113 Å². The molecule has 0 saturated carbocycles. The van der Waals surface area contributed by atoms with Crippen molar-refractivity contribution in [2.45, 2.75) is 13.5 Å². The largest absolute Gasteiger partial charge is 0.491 e. The molecule has 0 saturated heterocycles. The molecule has 0 aliphatic rings. The summed E-state index contributed by atoms with van der Waals surface area (Å²) in [7, 11) is 0. The minimum absolute atomic E-state index is 0.266. The Kier molecular flexibility index (Phi) is 4.25. The third kappa shape index (κ3) is 3.04. The number of ether oxygens (including phenoxy) is 1. The maximum Gasteiger partial charge on any atom is 0.167 e. The molecular formula is C13H13BrFNO2. The molecule has 1 aromatic carbocycles. The molecule has 96 valence electrons. The van der Waals surface area contributed by atoms with Crippen molar-refractivity contribution in [3.05, 3.63) is 46.6 Å². The van der Waals surface area contributed by atoms with Gasteiger partial charge in [-0.2, -0.15) is 0 Å². The lowest BCUT2D eigenvalue weighted by Gasteiger charge is -2.08. The quantitative estimate of drug-likeness (QED) is 0.898. The van der Waals surface area contributed by atoms with Crippen LogP contribution < -0.4 is 10.1 Å². The van der Waals surface area contributed by atoms with Gasteiger partial charge in [-0.05, 0) is 41.1 Å². The summed E-state index contributed by atoms with van der Waals surface area (Å²) in [5.74, 6) is 0.659. The van der Waals surface area contributed by atoms with Crippen molar-refractivity contribution >= 4 is 21.6 Å². The summed E-state index contributed by atoms with van der Waals surface area (Å²) in [6.45, 7) is 2.75. The van der Waals surface area contributed by atoms with Gasteiger partial charge in [-0.25, -0.2) is 4.39 Å². The van der Waals surface area contributed by atoms with E-state index in [4.69, 9.17) is 9.15 Å². The summed E-state index contributed by atoms with van der Waals surface area (Å²) in [5.41, 5.74) is 0.680. The van der Waals surface area contributed by atoms with Gasteiger partial charge in [0.2, 0.25) is 0 Å². The monoisotopic (exact) mass is 313 g/mol. The predicted octanol–water partition coefficient (Wildman–Crippen LogP) is 4.19. The Morgan fingerprint density at radius 2 is 2.22 bits per heavy atom. The standard InChI is InChI=1S/C13H13BrFNO2/c1-2-17-12-4-3-9(7-11(12)15)16-8-13-10(14)5-6-18-13/h3-7,16H,2,8H2,1H3. The fraction of sp³-hybridized carbons (Fsp3) is 0.231. The summed E-state index contributed by atoms with van der Waals surface area (Å²) in [5, 5.41) is 3.08. The van der Waals surface area contributed by atoms with Crippen molar-refractivity contribution in [2.75, 3.05) is 11.9 Å². The third-order valence-electron chi connectivity index (χ3n) is 2.38. The number of anilines is 1. The molecule has 1 heterocycles. The van der Waals surface area contributed by atoms with Crippen molar-refractivity contribution in [3.63, 3.8) is 0 Å². The topological polar surface area (TPSA) is 34.4 Å². The van der Waals surface area contributed by atoms with Crippen LogP contribution in [0, 0.1) is 5.82 Å². The van der Waals surface area contributed by atoms with Gasteiger partial charge in [0.05, 0.1) is 23.9 Å². The molecule has 18 heavy (non-hydrogen) atoms. The number of rotatable bonds is 5. The van der Waals surface area contributed by atoms with Crippen LogP contribution >= 0.6 is 15.9 Å². The van der Waals surface area contributed by atoms with Crippen LogP contribution in [0.3, 0.4) is 0 Å². The molecule has 0 amide bonds. The third-order valence-corrected chi connectivity index (χ3v) is 3.08. The van der Waals surface area contributed by atoms with Crippen molar-refractivity contribution < 1.29 is 13.5 Å². The van der Waals surface area contributed by atoms with Gasteiger partial charge in [-0.15, -0.1) is 0 Å². The van der Waals surface area contributed by atoms with E-state index in [1.807, 2.05) is 13.0 Å². The lowest BCUT2D eigenvalue weighted by Crippen LogP contribution is -2.00. The Morgan fingerprint density at radius 3 is 2.83 bits per heavy atom. The first-order valence-corrected chi connectivity index (χ1v) is 6.38. The molecule has 2 rings (SSSR count). The van der Waals surface area contributed by atoms with E-state index in [0.717, 1.165) is 10.2 Å². The number of hydrogen-bond acceptors (Lipinski definition) is 3. The van der Waals surface area contributed by atoms with Crippen molar-refractivity contribution in [1.29, 1.82) is 0 Å². The highest BCUT2D eigenvalue weighted by atomic mass is 79.9. The molecule has 1 aromatic heterocycles. The van der Waals surface area contributed by atoms with Crippen LogP contribution in [0.25, 0.3) is 0 Å². The summed E-state index contributed by atoms with van der Waals surface area (Å²) < 4.78 is 24.9. The fourth-order valence-electron chi connectivity index (χ4n) is 1.52. The van der Waals surface area contributed by atoms with Crippen LogP contribution in [0.4, 0.5) is 10.1 Å². The molecule has 0 unspecified atom stereocenters. The van der Waals surface area contributed by atoms with Gasteiger partial charge in [0.25, 0.3) is 0 Å². The van der Waals surface area contributed by atoms with Crippen molar-refractivity contribution in [2.24, 2.45) is 0 Å². The van der Waals surface area contributed by atoms with E-state index in [2.05, 4.69) is 21.2 Å². The molecule has 3 nitrogen and oxygen atoms in total. The first-order chi connectivity index (χ1) is 8.70. The highest BCUT2D eigenvalue weighted by molar-refractivity contribution is 9.10. The van der Waals surface area contributed by atoms with E-state index in [1.165, 1.54) is 6.07 Å². The highest BCUT2D eigenvalue weighted by Gasteiger charge is 2.06. The van der Waals surface area contributed by atoms with Crippen LogP contribution in [0.1, 0.15) is 12.7 Å². The lowest BCUT2D eigenvalue weighted by atomic mass is 10.3. The minimum atomic E-state index is -0.375. The average Bonchev–Trinajstić information content (AvgIpc) is 2.76. The molecule has 1 N–H and O–H groups in total. The van der Waals surface area contributed by atoms with E-state index >= 15 is 0 Å². The molecule has 0 aliphatic heterocycles. The van der Waals surface area contributed by atoms with Crippen molar-refractivity contribution in [1.82, 2.24) is 0 Å². The number of nitrogens with one attached hydrogen (secondary N) is 1. The Balaban J connectivity index is 2.02. The lowest BCUT2D eigenvalue weighted by molar-refractivity contribution is 0.321. The normalized spacial score (nSPS) is 10.4. The SMILES string of the molecule is CCOc1ccc(NCc2occc2Br)cc1F. The molecule has 0 bridgehead atoms. The van der Waals surface area contributed by atoms with Crippen LogP contribution in [0.2, 0.25) is 0 Å². The predicted molar refractivity (Wildman–Crippen MR) is 71.3 cm³/mol. The van der Waals surface area contributed by atoms with Gasteiger partial charge in [0.15, 0.2) is 11.6 Å². The van der Waals surface area contributed by atoms with Crippen LogP contribution in [0.5, 0.6) is 5.75 Å². The Bertz CT molecular complexity index is 527. The summed E-state index contributed by atoms with van der Waals surface area (Å²) >= 11 is 3.36. The first kappa shape index (κ1) is 13.0. The second-order valence-electron chi connectivity index (χ2n) is 3.62. The summed E-state index contributed by atoms with van der Waals surface area (Å²) in [6, 6.07) is 6.60. The van der Waals surface area contributed by atoms with E-state index in [9.17, 15) is 4.39 Å². The van der Waals surface area contributed by atoms with Gasteiger partial charge in [0.1, 0.15) is 5.76 Å². The number of furan rings is 1. The van der Waals surface area contributed by atoms with Crippen LogP contribution in [-0.4, -0.2) is 6.61 Å². The maximum atomic E-state index is 13.6. The van der Waals surface area contributed by atoms with Gasteiger partial charge in [-0.3, -0.25) is 0 Å². The van der Waals surface area contributed by atoms with Gasteiger partial charge in [0, 0.05) is 11.8 Å². The van der Waals surface area contributed by atoms with E-state index in [0.29, 0.717) is 18.8 Å². The smallest absolute Gasteiger partial charge is 0.167 e. The zero-order valence-electron chi connectivity index (χ0n) is 9.87. The first-order valence-electron chi connectivity index (χ1n) is 5.58. The Hall–Kier alpha value is -1.49.